The minimum atomic E-state index is -4.10. The first-order valence-electron chi connectivity index (χ1n) is 5.05. The predicted molar refractivity (Wildman–Crippen MR) is 68.9 cm³/mol. The van der Waals surface area contributed by atoms with Gasteiger partial charge in [-0.1, -0.05) is 6.92 Å². The highest BCUT2D eigenvalue weighted by molar-refractivity contribution is 7.99. The molecule has 0 aliphatic carbocycles. The number of rotatable bonds is 5. The van der Waals surface area contributed by atoms with Gasteiger partial charge in [0.15, 0.2) is 11.6 Å². The summed E-state index contributed by atoms with van der Waals surface area (Å²) >= 11 is 1.45. The van der Waals surface area contributed by atoms with E-state index in [0.717, 1.165) is 12.1 Å². The summed E-state index contributed by atoms with van der Waals surface area (Å²) in [5.41, 5.74) is 5.16. The molecule has 8 heteroatoms. The fraction of sp³-hybridized carbons (Fsp3) is 0.400. The topological polar surface area (TPSA) is 72.2 Å². The minimum Gasteiger partial charge on any atom is -0.399 e. The van der Waals surface area contributed by atoms with Crippen LogP contribution in [0.25, 0.3) is 0 Å². The fourth-order valence-corrected chi connectivity index (χ4v) is 2.77. The Balaban J connectivity index is 3.05. The van der Waals surface area contributed by atoms with Crippen molar-refractivity contribution in [3.05, 3.63) is 23.8 Å². The Labute approximate surface area is 109 Å². The number of nitrogen functional groups attached to an aromatic ring is 1. The molecule has 1 unspecified atom stereocenters. The average molecular weight is 296 g/mol. The molecule has 4 nitrogen and oxygen atoms in total. The van der Waals surface area contributed by atoms with Crippen LogP contribution in [-0.4, -0.2) is 26.5 Å². The van der Waals surface area contributed by atoms with Crippen LogP contribution in [0, 0.1) is 11.6 Å². The number of nitrogens with two attached hydrogens (primary N) is 1. The molecule has 0 saturated carbocycles. The van der Waals surface area contributed by atoms with Crippen molar-refractivity contribution in [3.8, 4) is 0 Å². The molecule has 1 aromatic carbocycles. The lowest BCUT2D eigenvalue weighted by atomic mass is 10.3. The van der Waals surface area contributed by atoms with Crippen LogP contribution < -0.4 is 10.5 Å². The summed E-state index contributed by atoms with van der Waals surface area (Å²) in [6.07, 6.45) is 1.82. The van der Waals surface area contributed by atoms with Gasteiger partial charge in [-0.15, -0.1) is 0 Å². The summed E-state index contributed by atoms with van der Waals surface area (Å²) in [5.74, 6) is -2.71. The molecule has 0 fully saturated rings. The molecule has 0 aliphatic heterocycles. The number of hydrogen-bond donors (Lipinski definition) is 2. The van der Waals surface area contributed by atoms with Crippen LogP contribution in [0.15, 0.2) is 17.0 Å². The first kappa shape index (κ1) is 15.2. The van der Waals surface area contributed by atoms with Gasteiger partial charge in [0.25, 0.3) is 0 Å². The third kappa shape index (κ3) is 3.56. The van der Waals surface area contributed by atoms with E-state index in [1.165, 1.54) is 11.8 Å². The lowest BCUT2D eigenvalue weighted by Gasteiger charge is -2.11. The van der Waals surface area contributed by atoms with Crippen molar-refractivity contribution in [1.82, 2.24) is 4.72 Å². The molecule has 0 amide bonds. The lowest BCUT2D eigenvalue weighted by molar-refractivity contribution is 0.484. The van der Waals surface area contributed by atoms with Crippen molar-refractivity contribution < 1.29 is 17.2 Å². The van der Waals surface area contributed by atoms with Crippen LogP contribution in [-0.2, 0) is 10.0 Å². The zero-order valence-electron chi connectivity index (χ0n) is 9.91. The monoisotopic (exact) mass is 296 g/mol. The minimum absolute atomic E-state index is 0.0220. The van der Waals surface area contributed by atoms with Crippen molar-refractivity contribution in [1.29, 1.82) is 0 Å². The zero-order valence-corrected chi connectivity index (χ0v) is 11.5. The maximum Gasteiger partial charge on any atom is 0.243 e. The predicted octanol–water partition coefficient (Wildman–Crippen LogP) is 1.58. The van der Waals surface area contributed by atoms with E-state index in [1.807, 2.05) is 13.2 Å². The number of thioether (sulfide) groups is 1. The third-order valence-electron chi connectivity index (χ3n) is 2.27. The molecule has 1 aromatic rings. The standard InChI is InChI=1S/C10H14F2N2O2S2/c1-6(17-2)5-14-18(15,16)9-4-7(13)3-8(11)10(9)12/h3-4,6,14H,5,13H2,1-2H3. The molecule has 0 radical (unpaired) electrons. The van der Waals surface area contributed by atoms with Crippen LogP contribution in [0.5, 0.6) is 0 Å². The highest BCUT2D eigenvalue weighted by atomic mass is 32.2. The molecular formula is C10H14F2N2O2S2. The summed E-state index contributed by atoms with van der Waals surface area (Å²) in [7, 11) is -4.10. The van der Waals surface area contributed by atoms with E-state index in [2.05, 4.69) is 4.72 Å². The first-order chi connectivity index (χ1) is 8.27. The largest absolute Gasteiger partial charge is 0.399 e. The Kier molecular flexibility index (Phi) is 4.94. The summed E-state index contributed by atoms with van der Waals surface area (Å²) in [6.45, 7) is 1.93. The lowest BCUT2D eigenvalue weighted by Crippen LogP contribution is -2.30. The summed E-state index contributed by atoms with van der Waals surface area (Å²) in [4.78, 5) is -0.770. The normalized spacial score (nSPS) is 13.6. The summed E-state index contributed by atoms with van der Waals surface area (Å²) < 4.78 is 52.3. The first-order valence-corrected chi connectivity index (χ1v) is 7.82. The van der Waals surface area contributed by atoms with E-state index >= 15 is 0 Å². The van der Waals surface area contributed by atoms with Gasteiger partial charge in [0.05, 0.1) is 0 Å². The van der Waals surface area contributed by atoms with Gasteiger partial charge in [0.2, 0.25) is 10.0 Å². The van der Waals surface area contributed by atoms with E-state index in [9.17, 15) is 17.2 Å². The van der Waals surface area contributed by atoms with Crippen molar-refractivity contribution in [3.63, 3.8) is 0 Å². The smallest absolute Gasteiger partial charge is 0.243 e. The molecule has 102 valence electrons. The summed E-state index contributed by atoms with van der Waals surface area (Å²) in [6, 6.07) is 1.63. The van der Waals surface area contributed by atoms with Gasteiger partial charge < -0.3 is 5.73 Å². The Morgan fingerprint density at radius 1 is 1.44 bits per heavy atom. The molecule has 0 aromatic heterocycles. The quantitative estimate of drug-likeness (QED) is 0.809. The van der Waals surface area contributed by atoms with Gasteiger partial charge in [-0.05, 0) is 18.4 Å². The second kappa shape index (κ2) is 5.85. The van der Waals surface area contributed by atoms with Crippen LogP contribution in [0.4, 0.5) is 14.5 Å². The molecule has 3 N–H and O–H groups in total. The third-order valence-corrected chi connectivity index (χ3v) is 4.66. The zero-order chi connectivity index (χ0) is 13.9. The molecule has 0 aliphatic rings. The van der Waals surface area contributed by atoms with Gasteiger partial charge in [-0.2, -0.15) is 11.8 Å². The van der Waals surface area contributed by atoms with Crippen molar-refractivity contribution in [2.45, 2.75) is 17.1 Å². The van der Waals surface area contributed by atoms with E-state index in [-0.39, 0.29) is 17.5 Å². The summed E-state index contributed by atoms with van der Waals surface area (Å²) in [5, 5.41) is 0.0220. The number of benzene rings is 1. The Morgan fingerprint density at radius 3 is 2.61 bits per heavy atom. The highest BCUT2D eigenvalue weighted by Crippen LogP contribution is 2.21. The average Bonchev–Trinajstić information content (AvgIpc) is 2.30. The van der Waals surface area contributed by atoms with Crippen LogP contribution in [0.3, 0.4) is 0 Å². The van der Waals surface area contributed by atoms with Crippen LogP contribution in [0.2, 0.25) is 0 Å². The Morgan fingerprint density at radius 2 is 2.06 bits per heavy atom. The van der Waals surface area contributed by atoms with Gasteiger partial charge in [-0.3, -0.25) is 0 Å². The maximum atomic E-state index is 13.4. The number of hydrogen-bond acceptors (Lipinski definition) is 4. The molecule has 18 heavy (non-hydrogen) atoms. The number of halogens is 2. The highest BCUT2D eigenvalue weighted by Gasteiger charge is 2.22. The molecule has 1 atom stereocenters. The SMILES string of the molecule is CSC(C)CNS(=O)(=O)c1cc(N)cc(F)c1F. The van der Waals surface area contributed by atoms with Crippen molar-refractivity contribution in [2.24, 2.45) is 0 Å². The van der Waals surface area contributed by atoms with Crippen molar-refractivity contribution >= 4 is 27.5 Å². The van der Waals surface area contributed by atoms with Crippen molar-refractivity contribution in [2.75, 3.05) is 18.5 Å². The van der Waals surface area contributed by atoms with E-state index in [4.69, 9.17) is 5.73 Å². The van der Waals surface area contributed by atoms with Gasteiger partial charge in [-0.25, -0.2) is 21.9 Å². The second-order valence-corrected chi connectivity index (χ2v) is 6.72. The number of anilines is 1. The molecule has 0 heterocycles. The molecular weight excluding hydrogens is 282 g/mol. The van der Waals surface area contributed by atoms with E-state index in [0.29, 0.717) is 0 Å². The number of sulfonamides is 1. The fourth-order valence-electron chi connectivity index (χ4n) is 1.17. The molecule has 0 bridgehead atoms. The van der Waals surface area contributed by atoms with E-state index in [1.54, 1.807) is 0 Å². The van der Waals surface area contributed by atoms with Gasteiger partial charge in [0.1, 0.15) is 4.90 Å². The molecule has 0 spiro atoms. The van der Waals surface area contributed by atoms with Gasteiger partial charge in [0, 0.05) is 17.5 Å². The maximum absolute atomic E-state index is 13.4. The Bertz CT molecular complexity index is 535. The van der Waals surface area contributed by atoms with E-state index < -0.39 is 26.6 Å². The number of nitrogens with one attached hydrogen (secondary N) is 1. The molecule has 0 saturated heterocycles. The van der Waals surface area contributed by atoms with Gasteiger partial charge >= 0.3 is 0 Å². The van der Waals surface area contributed by atoms with Crippen LogP contribution in [0.1, 0.15) is 6.92 Å². The van der Waals surface area contributed by atoms with Crippen LogP contribution >= 0.6 is 11.8 Å². The second-order valence-electron chi connectivity index (χ2n) is 3.71. The Hall–Kier alpha value is -0.860. The molecule has 1 rings (SSSR count).